The lowest BCUT2D eigenvalue weighted by Gasteiger charge is -2.08. The summed E-state index contributed by atoms with van der Waals surface area (Å²) in [5.74, 6) is 0.604. The maximum Gasteiger partial charge on any atom is 0.128 e. The molecule has 0 radical (unpaired) electrons. The molecule has 0 aliphatic heterocycles. The number of hydrogen-bond acceptors (Lipinski definition) is 2. The van der Waals surface area contributed by atoms with Gasteiger partial charge in [-0.15, -0.1) is 0 Å². The maximum absolute atomic E-state index is 14.1. The van der Waals surface area contributed by atoms with Gasteiger partial charge in [-0.2, -0.15) is 0 Å². The maximum atomic E-state index is 14.1. The van der Waals surface area contributed by atoms with Gasteiger partial charge in [0.2, 0.25) is 0 Å². The van der Waals surface area contributed by atoms with Gasteiger partial charge in [-0.3, -0.25) is 0 Å². The molecular formula is C17H17FN2O. The van der Waals surface area contributed by atoms with Crippen molar-refractivity contribution in [2.75, 3.05) is 7.11 Å². The van der Waals surface area contributed by atoms with Crippen LogP contribution in [0.2, 0.25) is 0 Å². The summed E-state index contributed by atoms with van der Waals surface area (Å²) in [5, 5.41) is 1.08. The van der Waals surface area contributed by atoms with Crippen molar-refractivity contribution in [1.82, 2.24) is 4.57 Å². The van der Waals surface area contributed by atoms with E-state index in [0.717, 1.165) is 22.2 Å². The predicted octanol–water partition coefficient (Wildman–Crippen LogP) is 3.30. The highest BCUT2D eigenvalue weighted by molar-refractivity contribution is 5.81. The molecule has 0 aliphatic rings. The van der Waals surface area contributed by atoms with E-state index in [2.05, 4.69) is 0 Å². The lowest BCUT2D eigenvalue weighted by Crippen LogP contribution is -2.03. The van der Waals surface area contributed by atoms with Gasteiger partial charge in [0, 0.05) is 29.2 Å². The average Bonchev–Trinajstić information content (AvgIpc) is 2.91. The van der Waals surface area contributed by atoms with Crippen LogP contribution in [0, 0.1) is 5.82 Å². The highest BCUT2D eigenvalue weighted by atomic mass is 19.1. The molecule has 3 rings (SSSR count). The van der Waals surface area contributed by atoms with E-state index < -0.39 is 0 Å². The Kier molecular flexibility index (Phi) is 3.62. The topological polar surface area (TPSA) is 40.2 Å². The van der Waals surface area contributed by atoms with Crippen LogP contribution in [0.25, 0.3) is 10.9 Å². The molecule has 2 aromatic carbocycles. The lowest BCUT2D eigenvalue weighted by molar-refractivity contribution is 0.415. The third-order valence-electron chi connectivity index (χ3n) is 3.67. The van der Waals surface area contributed by atoms with Crippen molar-refractivity contribution < 1.29 is 9.13 Å². The number of hydrogen-bond donors (Lipinski definition) is 1. The van der Waals surface area contributed by atoms with Gasteiger partial charge in [0.25, 0.3) is 0 Å². The summed E-state index contributed by atoms with van der Waals surface area (Å²) in [7, 11) is 1.65. The number of ether oxygens (including phenoxy) is 1. The Hall–Kier alpha value is -2.33. The molecule has 108 valence electrons. The molecule has 0 saturated carbocycles. The van der Waals surface area contributed by atoms with Crippen LogP contribution < -0.4 is 10.5 Å². The van der Waals surface area contributed by atoms with Crippen LogP contribution in [0.1, 0.15) is 11.1 Å². The van der Waals surface area contributed by atoms with Crippen LogP contribution in [0.5, 0.6) is 5.75 Å². The number of nitrogens with two attached hydrogens (primary N) is 1. The molecule has 0 amide bonds. The van der Waals surface area contributed by atoms with Crippen LogP contribution in [-0.2, 0) is 13.1 Å². The Balaban J connectivity index is 1.95. The Labute approximate surface area is 122 Å². The van der Waals surface area contributed by atoms with E-state index in [4.69, 9.17) is 10.5 Å². The molecule has 3 nitrogen and oxygen atoms in total. The third kappa shape index (κ3) is 2.62. The SMILES string of the molecule is COc1ccc2c(ccn2Cc2ccc(CN)cc2F)c1. The van der Waals surface area contributed by atoms with Crippen LogP contribution in [-0.4, -0.2) is 11.7 Å². The zero-order valence-corrected chi connectivity index (χ0v) is 11.8. The molecule has 0 spiro atoms. The molecule has 0 aliphatic carbocycles. The second-order valence-electron chi connectivity index (χ2n) is 5.00. The molecule has 1 aromatic heterocycles. The smallest absolute Gasteiger partial charge is 0.128 e. The number of methoxy groups -OCH3 is 1. The first-order chi connectivity index (χ1) is 10.2. The van der Waals surface area contributed by atoms with Crippen molar-refractivity contribution in [3.63, 3.8) is 0 Å². The van der Waals surface area contributed by atoms with E-state index in [1.54, 1.807) is 13.2 Å². The Morgan fingerprint density at radius 1 is 1.14 bits per heavy atom. The predicted molar refractivity (Wildman–Crippen MR) is 81.9 cm³/mol. The van der Waals surface area contributed by atoms with Gasteiger partial charge in [0.1, 0.15) is 11.6 Å². The number of aromatic nitrogens is 1. The summed E-state index contributed by atoms with van der Waals surface area (Å²) in [5.41, 5.74) is 8.03. The summed E-state index contributed by atoms with van der Waals surface area (Å²) in [6.07, 6.45) is 1.96. The quantitative estimate of drug-likeness (QED) is 0.798. The average molecular weight is 284 g/mol. The molecule has 0 atom stereocenters. The normalized spacial score (nSPS) is 11.0. The first-order valence-electron chi connectivity index (χ1n) is 6.81. The summed E-state index contributed by atoms with van der Waals surface area (Å²) in [6.45, 7) is 0.843. The molecule has 0 bridgehead atoms. The highest BCUT2D eigenvalue weighted by Crippen LogP contribution is 2.23. The zero-order valence-electron chi connectivity index (χ0n) is 11.8. The van der Waals surface area contributed by atoms with Gasteiger partial charge >= 0.3 is 0 Å². The van der Waals surface area contributed by atoms with Crippen molar-refractivity contribution in [3.05, 3.63) is 65.6 Å². The fourth-order valence-corrected chi connectivity index (χ4v) is 2.47. The van der Waals surface area contributed by atoms with Crippen LogP contribution >= 0.6 is 0 Å². The second-order valence-corrected chi connectivity index (χ2v) is 5.00. The number of rotatable bonds is 4. The minimum Gasteiger partial charge on any atom is -0.497 e. The number of halogens is 1. The van der Waals surface area contributed by atoms with Gasteiger partial charge in [0.05, 0.1) is 13.7 Å². The largest absolute Gasteiger partial charge is 0.497 e. The Morgan fingerprint density at radius 2 is 2.00 bits per heavy atom. The van der Waals surface area contributed by atoms with Gasteiger partial charge < -0.3 is 15.0 Å². The van der Waals surface area contributed by atoms with E-state index in [1.807, 2.05) is 41.1 Å². The Bertz CT molecular complexity index is 780. The van der Waals surface area contributed by atoms with E-state index in [1.165, 1.54) is 6.07 Å². The summed E-state index contributed by atoms with van der Waals surface area (Å²) < 4.78 is 21.3. The first-order valence-corrected chi connectivity index (χ1v) is 6.81. The summed E-state index contributed by atoms with van der Waals surface area (Å²) in [4.78, 5) is 0. The van der Waals surface area contributed by atoms with E-state index in [-0.39, 0.29) is 5.82 Å². The molecule has 0 saturated heterocycles. The molecular weight excluding hydrogens is 267 g/mol. The van der Waals surface area contributed by atoms with Gasteiger partial charge in [-0.25, -0.2) is 4.39 Å². The first kappa shape index (κ1) is 13.6. The molecule has 4 heteroatoms. The molecule has 0 unspecified atom stereocenters. The van der Waals surface area contributed by atoms with Crippen LogP contribution in [0.4, 0.5) is 4.39 Å². The number of nitrogens with zero attached hydrogens (tertiary/aromatic N) is 1. The van der Waals surface area contributed by atoms with Crippen LogP contribution in [0.3, 0.4) is 0 Å². The van der Waals surface area contributed by atoms with Gasteiger partial charge in [0.15, 0.2) is 0 Å². The van der Waals surface area contributed by atoms with Gasteiger partial charge in [-0.1, -0.05) is 12.1 Å². The van der Waals surface area contributed by atoms with Gasteiger partial charge in [-0.05, 0) is 35.9 Å². The monoisotopic (exact) mass is 284 g/mol. The van der Waals surface area contributed by atoms with E-state index in [0.29, 0.717) is 18.7 Å². The summed E-state index contributed by atoms with van der Waals surface area (Å²) in [6, 6.07) is 13.0. The van der Waals surface area contributed by atoms with Crippen molar-refractivity contribution >= 4 is 10.9 Å². The molecule has 1 heterocycles. The third-order valence-corrected chi connectivity index (χ3v) is 3.67. The van der Waals surface area contributed by atoms with Crippen molar-refractivity contribution in [2.45, 2.75) is 13.1 Å². The lowest BCUT2D eigenvalue weighted by atomic mass is 10.1. The molecule has 3 aromatic rings. The van der Waals surface area contributed by atoms with E-state index >= 15 is 0 Å². The second kappa shape index (κ2) is 5.58. The number of fused-ring (bicyclic) bond motifs is 1. The standard InChI is InChI=1S/C17H17FN2O/c1-21-15-4-5-17-13(9-15)6-7-20(17)11-14-3-2-12(10-19)8-16(14)18/h2-9H,10-11,19H2,1H3. The minimum absolute atomic E-state index is 0.215. The number of benzene rings is 2. The highest BCUT2D eigenvalue weighted by Gasteiger charge is 2.07. The Morgan fingerprint density at radius 3 is 2.71 bits per heavy atom. The summed E-state index contributed by atoms with van der Waals surface area (Å²) >= 11 is 0. The van der Waals surface area contributed by atoms with Crippen molar-refractivity contribution in [3.8, 4) is 5.75 Å². The van der Waals surface area contributed by atoms with Crippen LogP contribution in [0.15, 0.2) is 48.7 Å². The fourth-order valence-electron chi connectivity index (χ4n) is 2.47. The van der Waals surface area contributed by atoms with E-state index in [9.17, 15) is 4.39 Å². The molecule has 2 N–H and O–H groups in total. The molecule has 21 heavy (non-hydrogen) atoms. The zero-order chi connectivity index (χ0) is 14.8. The minimum atomic E-state index is -0.215. The van der Waals surface area contributed by atoms with Crippen molar-refractivity contribution in [2.24, 2.45) is 5.73 Å². The van der Waals surface area contributed by atoms with Crippen molar-refractivity contribution in [1.29, 1.82) is 0 Å². The molecule has 0 fully saturated rings. The fraction of sp³-hybridized carbons (Fsp3) is 0.176.